The highest BCUT2D eigenvalue weighted by atomic mass is 32.2. The van der Waals surface area contributed by atoms with Crippen molar-refractivity contribution in [2.45, 2.75) is 25.3 Å². The number of hydrogen-bond acceptors (Lipinski definition) is 3. The topological polar surface area (TPSA) is 64.0 Å². The van der Waals surface area contributed by atoms with Crippen molar-refractivity contribution in [1.29, 1.82) is 0 Å². The summed E-state index contributed by atoms with van der Waals surface area (Å²) in [6.45, 7) is 4.64. The lowest BCUT2D eigenvalue weighted by atomic mass is 10.1. The summed E-state index contributed by atoms with van der Waals surface area (Å²) in [5, 5.41) is 6.36. The van der Waals surface area contributed by atoms with Crippen LogP contribution >= 0.6 is 0 Å². The highest BCUT2D eigenvalue weighted by molar-refractivity contribution is 7.92. The Morgan fingerprint density at radius 2 is 1.61 bits per heavy atom. The van der Waals surface area contributed by atoms with Gasteiger partial charge in [0.05, 0.1) is 17.1 Å². The maximum Gasteiger partial charge on any atom is 0.261 e. The molecule has 6 heteroatoms. The van der Waals surface area contributed by atoms with Gasteiger partial charge in [-0.15, -0.1) is 0 Å². The van der Waals surface area contributed by atoms with Crippen molar-refractivity contribution < 1.29 is 8.42 Å². The van der Waals surface area contributed by atoms with E-state index in [9.17, 15) is 8.42 Å². The van der Waals surface area contributed by atoms with E-state index in [-0.39, 0.29) is 4.90 Å². The molecule has 1 N–H and O–H groups in total. The van der Waals surface area contributed by atoms with Gasteiger partial charge in [0.25, 0.3) is 10.0 Å². The molecule has 0 amide bonds. The summed E-state index contributed by atoms with van der Waals surface area (Å²) in [4.78, 5) is 0.248. The molecule has 3 aromatic carbocycles. The molecule has 0 aliphatic rings. The van der Waals surface area contributed by atoms with Gasteiger partial charge in [-0.2, -0.15) is 5.10 Å². The molecule has 4 aromatic rings. The molecular weight excluding hydrogens is 370 g/mol. The number of aryl methyl sites for hydroxylation is 2. The second kappa shape index (κ2) is 7.13. The maximum absolute atomic E-state index is 12.7. The van der Waals surface area contributed by atoms with Crippen LogP contribution in [0.4, 0.5) is 5.69 Å². The summed E-state index contributed by atoms with van der Waals surface area (Å²) in [7, 11) is -3.65. The van der Waals surface area contributed by atoms with E-state index in [1.807, 2.05) is 67.1 Å². The third kappa shape index (κ3) is 3.77. The molecule has 5 nitrogen and oxygen atoms in total. The fraction of sp³-hybridized carbons (Fsp3) is 0.136. The Labute approximate surface area is 164 Å². The van der Waals surface area contributed by atoms with E-state index in [2.05, 4.69) is 9.82 Å². The SMILES string of the molecule is Cc1cc(C)n(Cc2ccc(NS(=O)(=O)c3ccc4ccccc4c3)cc2)n1. The lowest BCUT2D eigenvalue weighted by Crippen LogP contribution is -2.13. The standard InChI is InChI=1S/C22H21N3O2S/c1-16-13-17(2)25(23-16)15-18-7-10-21(11-8-18)24-28(26,27)22-12-9-19-5-3-4-6-20(19)14-22/h3-14,24H,15H2,1-2H3. The molecule has 0 saturated carbocycles. The van der Waals surface area contributed by atoms with Crippen LogP contribution < -0.4 is 4.72 Å². The van der Waals surface area contributed by atoms with E-state index in [4.69, 9.17) is 0 Å². The van der Waals surface area contributed by atoms with Gasteiger partial charge in [-0.1, -0.05) is 42.5 Å². The lowest BCUT2D eigenvalue weighted by molar-refractivity contribution is 0.601. The Morgan fingerprint density at radius 1 is 0.893 bits per heavy atom. The number of anilines is 1. The third-order valence-electron chi connectivity index (χ3n) is 4.67. The van der Waals surface area contributed by atoms with Gasteiger partial charge < -0.3 is 0 Å². The van der Waals surface area contributed by atoms with Crippen LogP contribution in [0.1, 0.15) is 17.0 Å². The van der Waals surface area contributed by atoms with Crippen LogP contribution in [0.25, 0.3) is 10.8 Å². The van der Waals surface area contributed by atoms with Gasteiger partial charge >= 0.3 is 0 Å². The summed E-state index contributed by atoms with van der Waals surface area (Å²) in [5.41, 5.74) is 3.67. The number of nitrogens with zero attached hydrogens (tertiary/aromatic N) is 2. The predicted molar refractivity (Wildman–Crippen MR) is 112 cm³/mol. The van der Waals surface area contributed by atoms with Gasteiger partial charge in [-0.25, -0.2) is 8.42 Å². The number of aromatic nitrogens is 2. The minimum atomic E-state index is -3.65. The quantitative estimate of drug-likeness (QED) is 0.545. The summed E-state index contributed by atoms with van der Waals surface area (Å²) >= 11 is 0. The van der Waals surface area contributed by atoms with Crippen LogP contribution in [0.15, 0.2) is 77.7 Å². The summed E-state index contributed by atoms with van der Waals surface area (Å²) in [6.07, 6.45) is 0. The number of nitrogens with one attached hydrogen (secondary N) is 1. The molecule has 0 bridgehead atoms. The minimum Gasteiger partial charge on any atom is -0.280 e. The fourth-order valence-electron chi connectivity index (χ4n) is 3.23. The van der Waals surface area contributed by atoms with Crippen LogP contribution in [-0.4, -0.2) is 18.2 Å². The van der Waals surface area contributed by atoms with E-state index < -0.39 is 10.0 Å². The van der Waals surface area contributed by atoms with Gasteiger partial charge in [-0.3, -0.25) is 9.40 Å². The predicted octanol–water partition coefficient (Wildman–Crippen LogP) is 4.50. The lowest BCUT2D eigenvalue weighted by Gasteiger charge is -2.10. The fourth-order valence-corrected chi connectivity index (χ4v) is 4.33. The average molecular weight is 391 g/mol. The first kappa shape index (κ1) is 18.3. The zero-order valence-corrected chi connectivity index (χ0v) is 16.6. The maximum atomic E-state index is 12.7. The molecular formula is C22H21N3O2S. The van der Waals surface area contributed by atoms with E-state index in [0.29, 0.717) is 12.2 Å². The number of sulfonamides is 1. The van der Waals surface area contributed by atoms with Gasteiger partial charge in [0.2, 0.25) is 0 Å². The first-order valence-electron chi connectivity index (χ1n) is 9.02. The van der Waals surface area contributed by atoms with Crippen molar-refractivity contribution >= 4 is 26.5 Å². The molecule has 4 rings (SSSR count). The number of rotatable bonds is 5. The van der Waals surface area contributed by atoms with E-state index >= 15 is 0 Å². The molecule has 0 aliphatic carbocycles. The van der Waals surface area contributed by atoms with E-state index in [1.54, 1.807) is 24.3 Å². The van der Waals surface area contributed by atoms with Gasteiger partial charge in [0, 0.05) is 11.4 Å². The Balaban J connectivity index is 1.53. The summed E-state index contributed by atoms with van der Waals surface area (Å²) < 4.78 is 30.1. The van der Waals surface area contributed by atoms with Crippen LogP contribution in [0, 0.1) is 13.8 Å². The molecule has 0 aliphatic heterocycles. The average Bonchev–Trinajstić information content (AvgIpc) is 2.99. The van der Waals surface area contributed by atoms with Crippen LogP contribution in [0.2, 0.25) is 0 Å². The van der Waals surface area contributed by atoms with E-state index in [1.165, 1.54) is 0 Å². The molecule has 0 radical (unpaired) electrons. The molecule has 0 atom stereocenters. The molecule has 142 valence electrons. The highest BCUT2D eigenvalue weighted by Crippen LogP contribution is 2.22. The number of hydrogen-bond donors (Lipinski definition) is 1. The normalized spacial score (nSPS) is 11.6. The van der Waals surface area contributed by atoms with Crippen molar-refractivity contribution in [1.82, 2.24) is 9.78 Å². The monoisotopic (exact) mass is 391 g/mol. The van der Waals surface area contributed by atoms with Crippen molar-refractivity contribution in [2.75, 3.05) is 4.72 Å². The zero-order valence-electron chi connectivity index (χ0n) is 15.8. The molecule has 0 fully saturated rings. The van der Waals surface area contributed by atoms with Crippen LogP contribution in [-0.2, 0) is 16.6 Å². The van der Waals surface area contributed by atoms with Gasteiger partial charge in [0.15, 0.2) is 0 Å². The molecule has 0 saturated heterocycles. The highest BCUT2D eigenvalue weighted by Gasteiger charge is 2.14. The molecule has 1 heterocycles. The van der Waals surface area contributed by atoms with E-state index in [0.717, 1.165) is 27.7 Å². The first-order chi connectivity index (χ1) is 13.4. The Bertz CT molecular complexity index is 1240. The first-order valence-corrected chi connectivity index (χ1v) is 10.5. The summed E-state index contributed by atoms with van der Waals surface area (Å²) in [5.74, 6) is 0. The van der Waals surface area contributed by atoms with Crippen molar-refractivity contribution in [2.24, 2.45) is 0 Å². The second-order valence-corrected chi connectivity index (χ2v) is 8.58. The number of fused-ring (bicyclic) bond motifs is 1. The zero-order chi connectivity index (χ0) is 19.7. The van der Waals surface area contributed by atoms with Crippen molar-refractivity contribution in [3.8, 4) is 0 Å². The Kier molecular flexibility index (Phi) is 4.65. The number of benzene rings is 3. The molecule has 0 spiro atoms. The Hall–Kier alpha value is -3.12. The van der Waals surface area contributed by atoms with Crippen LogP contribution in [0.5, 0.6) is 0 Å². The molecule has 28 heavy (non-hydrogen) atoms. The van der Waals surface area contributed by atoms with Crippen molar-refractivity contribution in [3.63, 3.8) is 0 Å². The van der Waals surface area contributed by atoms with Gasteiger partial charge in [-0.05, 0) is 60.5 Å². The smallest absolute Gasteiger partial charge is 0.261 e. The largest absolute Gasteiger partial charge is 0.280 e. The van der Waals surface area contributed by atoms with Gasteiger partial charge in [0.1, 0.15) is 0 Å². The second-order valence-electron chi connectivity index (χ2n) is 6.90. The van der Waals surface area contributed by atoms with Crippen molar-refractivity contribution in [3.05, 3.63) is 89.7 Å². The molecule has 0 unspecified atom stereocenters. The molecule has 1 aromatic heterocycles. The Morgan fingerprint density at radius 3 is 2.29 bits per heavy atom. The summed E-state index contributed by atoms with van der Waals surface area (Å²) in [6, 6.07) is 22.2. The minimum absolute atomic E-state index is 0.248. The third-order valence-corrected chi connectivity index (χ3v) is 6.05. The van der Waals surface area contributed by atoms with Crippen LogP contribution in [0.3, 0.4) is 0 Å².